The highest BCUT2D eigenvalue weighted by Gasteiger charge is 2.36. The van der Waals surface area contributed by atoms with Gasteiger partial charge in [-0.25, -0.2) is 4.98 Å². The Morgan fingerprint density at radius 2 is 2.04 bits per heavy atom. The fourth-order valence-electron chi connectivity index (χ4n) is 4.37. The first kappa shape index (κ1) is 16.3. The molecule has 4 rings (SSSR count). The quantitative estimate of drug-likeness (QED) is 0.843. The van der Waals surface area contributed by atoms with Crippen LogP contribution in [0, 0.1) is 0 Å². The Bertz CT molecular complexity index is 529. The van der Waals surface area contributed by atoms with Crippen LogP contribution in [0.15, 0.2) is 18.3 Å². The van der Waals surface area contributed by atoms with Gasteiger partial charge >= 0.3 is 0 Å². The van der Waals surface area contributed by atoms with E-state index in [4.69, 9.17) is 9.72 Å². The molecule has 0 spiro atoms. The lowest BCUT2D eigenvalue weighted by molar-refractivity contribution is -0.105. The second-order valence-electron chi connectivity index (χ2n) is 7.35. The van der Waals surface area contributed by atoms with Crippen molar-refractivity contribution < 1.29 is 4.74 Å². The molecule has 3 aliphatic heterocycles. The Balaban J connectivity index is 1.41. The monoisotopic (exact) mass is 330 g/mol. The number of rotatable bonds is 4. The van der Waals surface area contributed by atoms with Gasteiger partial charge in [0.2, 0.25) is 0 Å². The summed E-state index contributed by atoms with van der Waals surface area (Å²) in [6.07, 6.45) is 6.26. The predicted octanol–water partition coefficient (Wildman–Crippen LogP) is 1.98. The minimum atomic E-state index is 0.415. The summed E-state index contributed by atoms with van der Waals surface area (Å²) in [5.41, 5.74) is 1.33. The van der Waals surface area contributed by atoms with E-state index in [-0.39, 0.29) is 0 Å². The topological polar surface area (TPSA) is 31.8 Å². The Labute approximate surface area is 145 Å². The van der Waals surface area contributed by atoms with Gasteiger partial charge in [-0.3, -0.25) is 4.90 Å². The normalized spacial score (nSPS) is 29.0. The number of morpholine rings is 1. The molecule has 4 heterocycles. The van der Waals surface area contributed by atoms with Gasteiger partial charge in [0, 0.05) is 51.5 Å². The summed E-state index contributed by atoms with van der Waals surface area (Å²) in [5.74, 6) is 1.14. The van der Waals surface area contributed by atoms with Gasteiger partial charge in [0.1, 0.15) is 5.82 Å². The number of aromatic nitrogens is 1. The molecule has 0 N–H and O–H groups in total. The SMILES string of the molecule is CCN1CC[C@H]2OCCN(Cc3ccc(N4CCCC4)nc3)[C@H]2C1. The molecule has 3 aliphatic rings. The van der Waals surface area contributed by atoms with Gasteiger partial charge in [-0.15, -0.1) is 0 Å². The number of ether oxygens (including phenoxy) is 1. The number of likely N-dealkylation sites (tertiary alicyclic amines) is 1. The first-order valence-electron chi connectivity index (χ1n) is 9.61. The van der Waals surface area contributed by atoms with E-state index in [1.54, 1.807) is 0 Å². The van der Waals surface area contributed by atoms with Crippen LogP contribution in [-0.2, 0) is 11.3 Å². The van der Waals surface area contributed by atoms with E-state index in [2.05, 4.69) is 40.0 Å². The van der Waals surface area contributed by atoms with E-state index < -0.39 is 0 Å². The van der Waals surface area contributed by atoms with E-state index >= 15 is 0 Å². The Hall–Kier alpha value is -1.17. The lowest BCUT2D eigenvalue weighted by Gasteiger charge is -2.47. The minimum absolute atomic E-state index is 0.415. The van der Waals surface area contributed by atoms with Gasteiger partial charge in [0.05, 0.1) is 12.7 Å². The van der Waals surface area contributed by atoms with Gasteiger partial charge in [-0.05, 0) is 37.4 Å². The van der Waals surface area contributed by atoms with Crippen molar-refractivity contribution in [3.05, 3.63) is 23.9 Å². The molecule has 0 unspecified atom stereocenters. The molecule has 5 nitrogen and oxygen atoms in total. The second kappa shape index (κ2) is 7.38. The molecule has 3 fully saturated rings. The highest BCUT2D eigenvalue weighted by atomic mass is 16.5. The third kappa shape index (κ3) is 3.44. The summed E-state index contributed by atoms with van der Waals surface area (Å²) in [6, 6.07) is 5.01. The number of anilines is 1. The summed E-state index contributed by atoms with van der Waals surface area (Å²) < 4.78 is 6.04. The van der Waals surface area contributed by atoms with Crippen LogP contribution in [0.3, 0.4) is 0 Å². The number of hydrogen-bond acceptors (Lipinski definition) is 5. The van der Waals surface area contributed by atoms with E-state index in [1.807, 2.05) is 0 Å². The highest BCUT2D eigenvalue weighted by molar-refractivity contribution is 5.40. The molecule has 0 saturated carbocycles. The highest BCUT2D eigenvalue weighted by Crippen LogP contribution is 2.25. The minimum Gasteiger partial charge on any atom is -0.375 e. The molecule has 1 aromatic rings. The van der Waals surface area contributed by atoms with Crippen LogP contribution in [0.1, 0.15) is 31.7 Å². The average molecular weight is 330 g/mol. The number of hydrogen-bond donors (Lipinski definition) is 0. The van der Waals surface area contributed by atoms with Gasteiger partial charge in [-0.1, -0.05) is 13.0 Å². The average Bonchev–Trinajstić information content (AvgIpc) is 3.17. The molecule has 3 saturated heterocycles. The van der Waals surface area contributed by atoms with Crippen molar-refractivity contribution in [3.63, 3.8) is 0 Å². The molecule has 0 aliphatic carbocycles. The zero-order valence-electron chi connectivity index (χ0n) is 14.9. The fourth-order valence-corrected chi connectivity index (χ4v) is 4.37. The summed E-state index contributed by atoms with van der Waals surface area (Å²) >= 11 is 0. The number of pyridine rings is 1. The zero-order chi connectivity index (χ0) is 16.4. The largest absolute Gasteiger partial charge is 0.375 e. The lowest BCUT2D eigenvalue weighted by Crippen LogP contribution is -2.59. The second-order valence-corrected chi connectivity index (χ2v) is 7.35. The van der Waals surface area contributed by atoms with Crippen LogP contribution in [0.5, 0.6) is 0 Å². The Morgan fingerprint density at radius 3 is 2.79 bits per heavy atom. The van der Waals surface area contributed by atoms with Crippen molar-refractivity contribution in [2.75, 3.05) is 50.8 Å². The van der Waals surface area contributed by atoms with Crippen LogP contribution >= 0.6 is 0 Å². The van der Waals surface area contributed by atoms with Crippen molar-refractivity contribution in [2.45, 2.75) is 44.9 Å². The van der Waals surface area contributed by atoms with E-state index in [1.165, 1.54) is 31.4 Å². The third-order valence-electron chi connectivity index (χ3n) is 5.86. The van der Waals surface area contributed by atoms with Gasteiger partial charge in [0.15, 0.2) is 0 Å². The molecule has 132 valence electrons. The van der Waals surface area contributed by atoms with E-state index in [0.717, 1.165) is 51.7 Å². The molecule has 5 heteroatoms. The molecular formula is C19H30N4O. The molecular weight excluding hydrogens is 300 g/mol. The summed E-state index contributed by atoms with van der Waals surface area (Å²) in [6.45, 7) is 10.9. The van der Waals surface area contributed by atoms with Crippen molar-refractivity contribution in [2.24, 2.45) is 0 Å². The van der Waals surface area contributed by atoms with E-state index in [9.17, 15) is 0 Å². The first-order chi connectivity index (χ1) is 11.8. The van der Waals surface area contributed by atoms with Gasteiger partial charge in [-0.2, -0.15) is 0 Å². The third-order valence-corrected chi connectivity index (χ3v) is 5.86. The maximum atomic E-state index is 6.04. The molecule has 2 atom stereocenters. The molecule has 1 aromatic heterocycles. The molecule has 0 radical (unpaired) electrons. The molecule has 0 aromatic carbocycles. The van der Waals surface area contributed by atoms with Crippen molar-refractivity contribution in [1.29, 1.82) is 0 Å². The number of piperidine rings is 1. The maximum absolute atomic E-state index is 6.04. The number of fused-ring (bicyclic) bond motifs is 1. The lowest BCUT2D eigenvalue weighted by atomic mass is 9.98. The van der Waals surface area contributed by atoms with Gasteiger partial charge in [0.25, 0.3) is 0 Å². The summed E-state index contributed by atoms with van der Waals surface area (Å²) in [5, 5.41) is 0. The molecule has 0 bridgehead atoms. The van der Waals surface area contributed by atoms with Crippen molar-refractivity contribution in [3.8, 4) is 0 Å². The maximum Gasteiger partial charge on any atom is 0.128 e. The van der Waals surface area contributed by atoms with Crippen molar-refractivity contribution >= 4 is 5.82 Å². The molecule has 0 amide bonds. The van der Waals surface area contributed by atoms with Crippen LogP contribution in [0.2, 0.25) is 0 Å². The van der Waals surface area contributed by atoms with Crippen molar-refractivity contribution in [1.82, 2.24) is 14.8 Å². The predicted molar refractivity (Wildman–Crippen MR) is 96.4 cm³/mol. The summed E-state index contributed by atoms with van der Waals surface area (Å²) in [7, 11) is 0. The van der Waals surface area contributed by atoms with E-state index in [0.29, 0.717) is 12.1 Å². The van der Waals surface area contributed by atoms with Crippen LogP contribution in [-0.4, -0.2) is 72.8 Å². The zero-order valence-corrected chi connectivity index (χ0v) is 14.9. The Kier molecular flexibility index (Phi) is 5.01. The number of nitrogens with zero attached hydrogens (tertiary/aromatic N) is 4. The van der Waals surface area contributed by atoms with Crippen LogP contribution < -0.4 is 4.90 Å². The number of likely N-dealkylation sites (N-methyl/N-ethyl adjacent to an activating group) is 1. The molecule has 24 heavy (non-hydrogen) atoms. The van der Waals surface area contributed by atoms with Crippen LogP contribution in [0.25, 0.3) is 0 Å². The smallest absolute Gasteiger partial charge is 0.128 e. The van der Waals surface area contributed by atoms with Crippen LogP contribution in [0.4, 0.5) is 5.82 Å². The van der Waals surface area contributed by atoms with Gasteiger partial charge < -0.3 is 14.5 Å². The Morgan fingerprint density at radius 1 is 1.17 bits per heavy atom. The standard InChI is InChI=1S/C19H30N4O/c1-2-21-10-7-18-17(15-21)23(11-12-24-18)14-16-5-6-19(20-13-16)22-8-3-4-9-22/h5-6,13,17-18H,2-4,7-12,14-15H2,1H3/t17-,18+/m0/s1. The fraction of sp³-hybridized carbons (Fsp3) is 0.737. The summed E-state index contributed by atoms with van der Waals surface area (Å²) in [4.78, 5) is 12.3. The first-order valence-corrected chi connectivity index (χ1v) is 9.61.